The van der Waals surface area contributed by atoms with Gasteiger partial charge in [0.05, 0.1) is 4.90 Å². The number of hydrogen-bond acceptors (Lipinski definition) is 4. The molecule has 0 aliphatic rings. The second kappa shape index (κ2) is 7.85. The lowest BCUT2D eigenvalue weighted by molar-refractivity contribution is 0.482. The molecule has 27 heavy (non-hydrogen) atoms. The number of para-hydroxylation sites is 1. The Morgan fingerprint density at radius 3 is 2.26 bits per heavy atom. The number of nitriles is 1. The first-order valence-corrected chi connectivity index (χ1v) is 9.43. The van der Waals surface area contributed by atoms with E-state index in [1.165, 1.54) is 6.08 Å². The fraction of sp³-hybridized carbons (Fsp3) is 0. The largest absolute Gasteiger partial charge is 0.457 e. The van der Waals surface area contributed by atoms with E-state index in [2.05, 4.69) is 0 Å². The summed E-state index contributed by atoms with van der Waals surface area (Å²) in [6.07, 6.45) is 1.26. The molecule has 3 aromatic rings. The van der Waals surface area contributed by atoms with E-state index in [1.54, 1.807) is 42.5 Å². The van der Waals surface area contributed by atoms with Crippen LogP contribution < -0.4 is 4.74 Å². The molecule has 6 heteroatoms. The maximum Gasteiger partial charge on any atom is 0.216 e. The van der Waals surface area contributed by atoms with Gasteiger partial charge in [-0.2, -0.15) is 5.26 Å². The highest BCUT2D eigenvalue weighted by atomic mass is 32.2. The summed E-state index contributed by atoms with van der Waals surface area (Å²) in [6, 6.07) is 21.9. The summed E-state index contributed by atoms with van der Waals surface area (Å²) in [6.45, 7) is 0. The molecule has 0 amide bonds. The predicted octanol–water partition coefficient (Wildman–Crippen LogP) is 4.96. The third kappa shape index (κ3) is 4.40. The van der Waals surface area contributed by atoms with Gasteiger partial charge in [-0.3, -0.25) is 0 Å². The van der Waals surface area contributed by atoms with Gasteiger partial charge in [0.15, 0.2) is 0 Å². The predicted molar refractivity (Wildman–Crippen MR) is 100 cm³/mol. The molecule has 0 atom stereocenters. The van der Waals surface area contributed by atoms with Crippen LogP contribution >= 0.6 is 0 Å². The Hall–Kier alpha value is -3.43. The minimum atomic E-state index is -4.05. The number of allylic oxidation sites excluding steroid dienone is 1. The molecule has 0 unspecified atom stereocenters. The molecule has 3 aromatic carbocycles. The van der Waals surface area contributed by atoms with Gasteiger partial charge >= 0.3 is 0 Å². The van der Waals surface area contributed by atoms with Crippen molar-refractivity contribution >= 4 is 15.9 Å². The Morgan fingerprint density at radius 1 is 0.926 bits per heavy atom. The molecule has 0 heterocycles. The van der Waals surface area contributed by atoms with Crippen LogP contribution in [0.2, 0.25) is 0 Å². The van der Waals surface area contributed by atoms with Gasteiger partial charge in [-0.15, -0.1) is 0 Å². The third-order valence-electron chi connectivity index (χ3n) is 3.66. The van der Waals surface area contributed by atoms with Crippen LogP contribution in [-0.4, -0.2) is 8.42 Å². The van der Waals surface area contributed by atoms with Crippen LogP contribution in [0.5, 0.6) is 11.5 Å². The molecule has 0 aliphatic carbocycles. The monoisotopic (exact) mass is 379 g/mol. The zero-order chi connectivity index (χ0) is 19.3. The van der Waals surface area contributed by atoms with Crippen LogP contribution in [0, 0.1) is 17.1 Å². The number of sulfone groups is 1. The third-order valence-corrected chi connectivity index (χ3v) is 5.34. The van der Waals surface area contributed by atoms with Crippen molar-refractivity contribution in [3.8, 4) is 17.6 Å². The minimum Gasteiger partial charge on any atom is -0.457 e. The van der Waals surface area contributed by atoms with Crippen molar-refractivity contribution in [3.05, 3.63) is 95.1 Å². The molecule has 0 bridgehead atoms. The number of benzene rings is 3. The molecule has 4 nitrogen and oxygen atoms in total. The number of rotatable bonds is 5. The number of halogens is 1. The van der Waals surface area contributed by atoms with Gasteiger partial charge in [0, 0.05) is 0 Å². The van der Waals surface area contributed by atoms with Crippen LogP contribution in [0.4, 0.5) is 4.39 Å². The Morgan fingerprint density at radius 2 is 1.59 bits per heavy atom. The molecule has 0 radical (unpaired) electrons. The number of hydrogen-bond donors (Lipinski definition) is 0. The van der Waals surface area contributed by atoms with Crippen molar-refractivity contribution in [2.45, 2.75) is 4.90 Å². The number of nitrogens with zero attached hydrogens (tertiary/aromatic N) is 1. The average Bonchev–Trinajstić information content (AvgIpc) is 2.67. The zero-order valence-electron chi connectivity index (χ0n) is 14.0. The Labute approximate surface area is 156 Å². The summed E-state index contributed by atoms with van der Waals surface area (Å²) in [7, 11) is -4.05. The Balaban J connectivity index is 1.93. The van der Waals surface area contributed by atoms with Crippen LogP contribution in [0.1, 0.15) is 5.56 Å². The summed E-state index contributed by atoms with van der Waals surface area (Å²) in [5, 5.41) is 9.34. The molecule has 0 fully saturated rings. The highest BCUT2D eigenvalue weighted by molar-refractivity contribution is 7.95. The van der Waals surface area contributed by atoms with Gasteiger partial charge < -0.3 is 4.74 Å². The van der Waals surface area contributed by atoms with E-state index in [-0.39, 0.29) is 4.90 Å². The fourth-order valence-corrected chi connectivity index (χ4v) is 3.51. The van der Waals surface area contributed by atoms with E-state index in [0.717, 1.165) is 24.3 Å². The zero-order valence-corrected chi connectivity index (χ0v) is 14.9. The van der Waals surface area contributed by atoms with E-state index in [4.69, 9.17) is 4.74 Å². The van der Waals surface area contributed by atoms with Crippen LogP contribution in [0.25, 0.3) is 6.08 Å². The molecule has 0 saturated heterocycles. The highest BCUT2D eigenvalue weighted by Gasteiger charge is 2.20. The standard InChI is InChI=1S/C21H14FNO3S/c22-17-9-11-20(12-10-17)27(24,25)21(15-23)14-16-5-4-8-19(13-16)26-18-6-2-1-3-7-18/h1-14H/b21-14+. The van der Waals surface area contributed by atoms with Gasteiger partial charge in [0.1, 0.15) is 28.3 Å². The molecule has 0 N–H and O–H groups in total. The summed E-state index contributed by atoms with van der Waals surface area (Å²) in [5.74, 6) is 0.590. The Kier molecular flexibility index (Phi) is 5.34. The molecule has 0 spiro atoms. The average molecular weight is 379 g/mol. The minimum absolute atomic E-state index is 0.145. The van der Waals surface area contributed by atoms with Gasteiger partial charge in [-0.05, 0) is 60.2 Å². The van der Waals surface area contributed by atoms with E-state index < -0.39 is 20.6 Å². The second-order valence-electron chi connectivity index (χ2n) is 5.57. The first-order valence-electron chi connectivity index (χ1n) is 7.94. The first kappa shape index (κ1) is 18.4. The lowest BCUT2D eigenvalue weighted by Gasteiger charge is -2.07. The molecule has 134 valence electrons. The summed E-state index contributed by atoms with van der Waals surface area (Å²) < 4.78 is 44.0. The SMILES string of the molecule is N#C/C(=C\c1cccc(Oc2ccccc2)c1)S(=O)(=O)c1ccc(F)cc1. The van der Waals surface area contributed by atoms with Crippen molar-refractivity contribution < 1.29 is 17.5 Å². The first-order chi connectivity index (χ1) is 13.0. The van der Waals surface area contributed by atoms with Crippen molar-refractivity contribution in [2.75, 3.05) is 0 Å². The van der Waals surface area contributed by atoms with Gasteiger partial charge in [-0.25, -0.2) is 12.8 Å². The maximum atomic E-state index is 13.0. The summed E-state index contributed by atoms with van der Waals surface area (Å²) >= 11 is 0. The van der Waals surface area contributed by atoms with Gasteiger partial charge in [0.25, 0.3) is 0 Å². The van der Waals surface area contributed by atoms with E-state index in [1.807, 2.05) is 18.2 Å². The molecular weight excluding hydrogens is 365 g/mol. The van der Waals surface area contributed by atoms with E-state index in [9.17, 15) is 18.1 Å². The molecule has 3 rings (SSSR count). The second-order valence-corrected chi connectivity index (χ2v) is 7.48. The van der Waals surface area contributed by atoms with Crippen molar-refractivity contribution in [3.63, 3.8) is 0 Å². The molecule has 0 aromatic heterocycles. The van der Waals surface area contributed by atoms with Crippen LogP contribution in [0.3, 0.4) is 0 Å². The van der Waals surface area contributed by atoms with Crippen molar-refractivity contribution in [1.29, 1.82) is 5.26 Å². The summed E-state index contributed by atoms with van der Waals surface area (Å²) in [5.41, 5.74) is 0.491. The van der Waals surface area contributed by atoms with Crippen molar-refractivity contribution in [2.24, 2.45) is 0 Å². The molecule has 0 aliphatic heterocycles. The van der Waals surface area contributed by atoms with Crippen LogP contribution in [0.15, 0.2) is 88.7 Å². The van der Waals surface area contributed by atoms with Gasteiger partial charge in [0.2, 0.25) is 9.84 Å². The smallest absolute Gasteiger partial charge is 0.216 e. The quantitative estimate of drug-likeness (QED) is 0.464. The van der Waals surface area contributed by atoms with Crippen LogP contribution in [-0.2, 0) is 9.84 Å². The molecular formula is C21H14FNO3S. The van der Waals surface area contributed by atoms with Gasteiger partial charge in [-0.1, -0.05) is 30.3 Å². The van der Waals surface area contributed by atoms with Crippen molar-refractivity contribution in [1.82, 2.24) is 0 Å². The maximum absolute atomic E-state index is 13.0. The normalized spacial score (nSPS) is 11.6. The summed E-state index contributed by atoms with van der Waals surface area (Å²) in [4.78, 5) is -0.584. The highest BCUT2D eigenvalue weighted by Crippen LogP contribution is 2.25. The molecule has 0 saturated carbocycles. The van der Waals surface area contributed by atoms with E-state index >= 15 is 0 Å². The topological polar surface area (TPSA) is 67.2 Å². The fourth-order valence-electron chi connectivity index (χ4n) is 2.35. The Bertz CT molecular complexity index is 1120. The lowest BCUT2D eigenvalue weighted by Crippen LogP contribution is -2.03. The number of ether oxygens (including phenoxy) is 1. The lowest BCUT2D eigenvalue weighted by atomic mass is 10.2. The van der Waals surface area contributed by atoms with E-state index in [0.29, 0.717) is 17.1 Å².